The number of carbonyl (C=O) groups excluding carboxylic acids is 2. The number of rotatable bonds is 6. The van der Waals surface area contributed by atoms with Crippen molar-refractivity contribution in [1.29, 1.82) is 0 Å². The molecular weight excluding hydrogens is 353 g/mol. The Morgan fingerprint density at radius 1 is 1.37 bits per heavy atom. The fourth-order valence-corrected chi connectivity index (χ4v) is 2.75. The largest absolute Gasteiger partial charge is 0.493 e. The third kappa shape index (κ3) is 4.64. The van der Waals surface area contributed by atoms with E-state index in [0.717, 1.165) is 0 Å². The number of carbonyl (C=O) groups is 2. The Labute approximate surface area is 157 Å². The number of pyridine rings is 1. The minimum absolute atomic E-state index is 0.0691. The van der Waals surface area contributed by atoms with E-state index in [4.69, 9.17) is 15.2 Å². The maximum absolute atomic E-state index is 13.3. The number of hydrogen-bond acceptors (Lipinski definition) is 5. The normalized spacial score (nSPS) is 18.4. The number of hydrogen-bond donors (Lipinski definition) is 2. The zero-order chi connectivity index (χ0) is 20.0. The van der Waals surface area contributed by atoms with Crippen molar-refractivity contribution in [3.63, 3.8) is 0 Å². The molecule has 2 heterocycles. The molecule has 7 nitrogen and oxygen atoms in total. The number of aromatic nitrogens is 1. The standard InChI is InChI=1S/C17H18FN3O4.C2H6/c1-2-24-14-7-11-9(5-12(14)15(19)22)3-4-20-17(11)25-8-10-6-13(18)16(23)21-10;1-2/h3-5,7,10,13H,2,6,8H2,1H3,(H2,19,22)(H,21,23);1-2H3. The lowest BCUT2D eigenvalue weighted by molar-refractivity contribution is -0.123. The molecule has 1 aromatic heterocycles. The molecule has 2 atom stereocenters. The van der Waals surface area contributed by atoms with Crippen LogP contribution in [0.5, 0.6) is 11.6 Å². The summed E-state index contributed by atoms with van der Waals surface area (Å²) < 4.78 is 24.4. The number of nitrogens with two attached hydrogens (primary N) is 1. The van der Waals surface area contributed by atoms with Gasteiger partial charge in [-0.15, -0.1) is 0 Å². The van der Waals surface area contributed by atoms with Crippen LogP contribution in [0, 0.1) is 0 Å². The zero-order valence-electron chi connectivity index (χ0n) is 15.6. The molecule has 0 aliphatic carbocycles. The average Bonchev–Trinajstić information content (AvgIpc) is 2.99. The highest BCUT2D eigenvalue weighted by Gasteiger charge is 2.32. The average molecular weight is 377 g/mol. The molecule has 1 aliphatic heterocycles. The molecule has 3 rings (SSSR count). The summed E-state index contributed by atoms with van der Waals surface area (Å²) in [5, 5.41) is 3.87. The number of nitrogens with zero attached hydrogens (tertiary/aromatic N) is 1. The third-order valence-electron chi connectivity index (χ3n) is 3.94. The quantitative estimate of drug-likeness (QED) is 0.804. The first-order valence-corrected chi connectivity index (χ1v) is 8.92. The Kier molecular flexibility index (Phi) is 6.92. The van der Waals surface area contributed by atoms with Gasteiger partial charge in [0.25, 0.3) is 11.8 Å². The van der Waals surface area contributed by atoms with E-state index in [1.165, 1.54) is 6.20 Å². The van der Waals surface area contributed by atoms with Gasteiger partial charge in [-0.1, -0.05) is 13.8 Å². The smallest absolute Gasteiger partial charge is 0.254 e. The number of primary amides is 1. The molecule has 0 spiro atoms. The predicted molar refractivity (Wildman–Crippen MR) is 99.7 cm³/mol. The molecule has 8 heteroatoms. The molecule has 2 unspecified atom stereocenters. The summed E-state index contributed by atoms with van der Waals surface area (Å²) >= 11 is 0. The summed E-state index contributed by atoms with van der Waals surface area (Å²) in [4.78, 5) is 27.0. The number of alkyl halides is 1. The van der Waals surface area contributed by atoms with Gasteiger partial charge >= 0.3 is 0 Å². The first-order chi connectivity index (χ1) is 13.0. The highest BCUT2D eigenvalue weighted by molar-refractivity contribution is 6.01. The summed E-state index contributed by atoms with van der Waals surface area (Å²) in [6, 6.07) is 4.58. The lowest BCUT2D eigenvalue weighted by Crippen LogP contribution is -2.31. The van der Waals surface area contributed by atoms with E-state index in [1.807, 2.05) is 13.8 Å². The van der Waals surface area contributed by atoms with Crippen molar-refractivity contribution in [3.8, 4) is 11.6 Å². The Morgan fingerprint density at radius 2 is 2.11 bits per heavy atom. The van der Waals surface area contributed by atoms with Crippen molar-refractivity contribution >= 4 is 22.6 Å². The van der Waals surface area contributed by atoms with E-state index in [0.29, 0.717) is 29.0 Å². The van der Waals surface area contributed by atoms with Gasteiger partial charge in [-0.3, -0.25) is 9.59 Å². The number of halogens is 1. The molecule has 0 saturated carbocycles. The number of fused-ring (bicyclic) bond motifs is 1. The van der Waals surface area contributed by atoms with Crippen LogP contribution in [0.15, 0.2) is 24.4 Å². The number of benzene rings is 1. The van der Waals surface area contributed by atoms with Crippen LogP contribution in [0.25, 0.3) is 10.8 Å². The molecule has 1 fully saturated rings. The minimum atomic E-state index is -1.50. The number of nitrogens with one attached hydrogen (secondary N) is 1. The summed E-state index contributed by atoms with van der Waals surface area (Å²) in [7, 11) is 0. The SMILES string of the molecule is CC.CCOc1cc2c(OCC3CC(F)C(=O)N3)nccc2cc1C(N)=O. The van der Waals surface area contributed by atoms with E-state index in [-0.39, 0.29) is 18.6 Å². The summed E-state index contributed by atoms with van der Waals surface area (Å²) in [5.74, 6) is -0.555. The van der Waals surface area contributed by atoms with Crippen LogP contribution in [0.3, 0.4) is 0 Å². The minimum Gasteiger partial charge on any atom is -0.493 e. The molecule has 2 amide bonds. The Hall–Kier alpha value is -2.90. The topological polar surface area (TPSA) is 104 Å². The molecule has 0 bridgehead atoms. The summed E-state index contributed by atoms with van der Waals surface area (Å²) in [6.45, 7) is 6.26. The Balaban J connectivity index is 0.00000126. The van der Waals surface area contributed by atoms with Crippen LogP contribution >= 0.6 is 0 Å². The van der Waals surface area contributed by atoms with Gasteiger partial charge in [0.15, 0.2) is 6.17 Å². The van der Waals surface area contributed by atoms with Crippen molar-refractivity contribution in [2.24, 2.45) is 5.73 Å². The zero-order valence-corrected chi connectivity index (χ0v) is 15.6. The van der Waals surface area contributed by atoms with E-state index < -0.39 is 24.0 Å². The molecule has 3 N–H and O–H groups in total. The van der Waals surface area contributed by atoms with Crippen molar-refractivity contribution in [3.05, 3.63) is 30.0 Å². The maximum Gasteiger partial charge on any atom is 0.254 e. The van der Waals surface area contributed by atoms with Crippen LogP contribution in [0.4, 0.5) is 4.39 Å². The molecule has 0 radical (unpaired) electrons. The molecule has 2 aromatic rings. The van der Waals surface area contributed by atoms with Gasteiger partial charge < -0.3 is 20.5 Å². The lowest BCUT2D eigenvalue weighted by atomic mass is 10.1. The Morgan fingerprint density at radius 3 is 2.70 bits per heavy atom. The van der Waals surface area contributed by atoms with Crippen molar-refractivity contribution in [2.75, 3.05) is 13.2 Å². The van der Waals surface area contributed by atoms with E-state index in [1.54, 1.807) is 25.1 Å². The predicted octanol–water partition coefficient (Wildman–Crippen LogP) is 2.36. The van der Waals surface area contributed by atoms with E-state index in [2.05, 4.69) is 10.3 Å². The fourth-order valence-electron chi connectivity index (χ4n) is 2.75. The van der Waals surface area contributed by atoms with Crippen LogP contribution in [-0.2, 0) is 4.79 Å². The molecular formula is C19H24FN3O4. The number of ether oxygens (including phenoxy) is 2. The van der Waals surface area contributed by atoms with Crippen LogP contribution in [0.2, 0.25) is 0 Å². The summed E-state index contributed by atoms with van der Waals surface area (Å²) in [5.41, 5.74) is 5.67. The second-order valence-electron chi connectivity index (χ2n) is 5.70. The molecule has 146 valence electrons. The van der Waals surface area contributed by atoms with Gasteiger partial charge in [0.1, 0.15) is 12.4 Å². The molecule has 1 saturated heterocycles. The van der Waals surface area contributed by atoms with E-state index >= 15 is 0 Å². The maximum atomic E-state index is 13.3. The monoisotopic (exact) mass is 377 g/mol. The van der Waals surface area contributed by atoms with Crippen LogP contribution in [0.1, 0.15) is 37.6 Å². The van der Waals surface area contributed by atoms with Gasteiger partial charge in [0.05, 0.1) is 18.2 Å². The third-order valence-corrected chi connectivity index (χ3v) is 3.94. The lowest BCUT2D eigenvalue weighted by Gasteiger charge is -2.14. The second kappa shape index (κ2) is 9.16. The molecule has 1 aliphatic rings. The van der Waals surface area contributed by atoms with Crippen molar-refractivity contribution < 1.29 is 23.5 Å². The first-order valence-electron chi connectivity index (χ1n) is 8.92. The first kappa shape index (κ1) is 20.4. The van der Waals surface area contributed by atoms with Gasteiger partial charge in [0.2, 0.25) is 5.88 Å². The Bertz CT molecular complexity index is 828. The highest BCUT2D eigenvalue weighted by atomic mass is 19.1. The van der Waals surface area contributed by atoms with Crippen LogP contribution < -0.4 is 20.5 Å². The van der Waals surface area contributed by atoms with E-state index in [9.17, 15) is 14.0 Å². The number of amides is 2. The fraction of sp³-hybridized carbons (Fsp3) is 0.421. The molecule has 27 heavy (non-hydrogen) atoms. The van der Waals surface area contributed by atoms with Gasteiger partial charge in [0, 0.05) is 18.0 Å². The van der Waals surface area contributed by atoms with Gasteiger partial charge in [-0.05, 0) is 30.5 Å². The van der Waals surface area contributed by atoms with Crippen molar-refractivity contribution in [1.82, 2.24) is 10.3 Å². The van der Waals surface area contributed by atoms with Crippen molar-refractivity contribution in [2.45, 2.75) is 39.4 Å². The molecule has 1 aromatic carbocycles. The van der Waals surface area contributed by atoms with Gasteiger partial charge in [-0.2, -0.15) is 0 Å². The second-order valence-corrected chi connectivity index (χ2v) is 5.70. The highest BCUT2D eigenvalue weighted by Crippen LogP contribution is 2.31. The van der Waals surface area contributed by atoms with Crippen LogP contribution in [-0.4, -0.2) is 42.2 Å². The van der Waals surface area contributed by atoms with Gasteiger partial charge in [-0.25, -0.2) is 9.37 Å². The summed E-state index contributed by atoms with van der Waals surface area (Å²) in [6.07, 6.45) is 0.102.